The van der Waals surface area contributed by atoms with Gasteiger partial charge in [0, 0.05) is 50.9 Å². The lowest BCUT2D eigenvalue weighted by Gasteiger charge is -2.39. The number of nitrogens with zero attached hydrogens (tertiary/aromatic N) is 4. The highest BCUT2D eigenvalue weighted by atomic mass is 32.2. The maximum Gasteiger partial charge on any atom is 0.330 e. The number of carbonyl (C=O) groups excluding carboxylic acids is 1. The first-order valence-corrected chi connectivity index (χ1v) is 13.7. The molecule has 0 saturated carbocycles. The minimum atomic E-state index is -4.03. The Morgan fingerprint density at radius 2 is 1.64 bits per heavy atom. The number of likely N-dealkylation sites (tertiary alicyclic amines) is 1. The van der Waals surface area contributed by atoms with Crippen molar-refractivity contribution in [2.45, 2.75) is 29.6 Å². The van der Waals surface area contributed by atoms with Gasteiger partial charge in [-0.15, -0.1) is 0 Å². The second-order valence-electron chi connectivity index (χ2n) is 9.90. The molecule has 10 nitrogen and oxygen atoms in total. The number of amides is 2. The number of hydrogen-bond acceptors (Lipinski definition) is 5. The molecule has 3 aromatic rings. The molecule has 39 heavy (non-hydrogen) atoms. The highest BCUT2D eigenvalue weighted by molar-refractivity contribution is 7.92. The number of benzene rings is 2. The number of urea groups is 1. The van der Waals surface area contributed by atoms with E-state index < -0.39 is 39.1 Å². The average molecular weight is 560 g/mol. The zero-order valence-corrected chi connectivity index (χ0v) is 22.1. The molecule has 0 radical (unpaired) electrons. The van der Waals surface area contributed by atoms with Crippen molar-refractivity contribution in [2.24, 2.45) is 14.1 Å². The molecule has 13 heteroatoms. The van der Waals surface area contributed by atoms with Crippen molar-refractivity contribution in [1.29, 1.82) is 0 Å². The summed E-state index contributed by atoms with van der Waals surface area (Å²) in [5.41, 5.74) is -0.572. The molecular weight excluding hydrogens is 532 g/mol. The third kappa shape index (κ3) is 4.50. The molecule has 1 aromatic heterocycles. The maximum atomic E-state index is 13.6. The first kappa shape index (κ1) is 26.6. The lowest BCUT2D eigenvalue weighted by molar-refractivity contribution is 0.151. The van der Waals surface area contributed by atoms with Crippen LogP contribution in [0.3, 0.4) is 0 Å². The van der Waals surface area contributed by atoms with E-state index >= 15 is 0 Å². The molecule has 1 N–H and O–H groups in total. The van der Waals surface area contributed by atoms with Gasteiger partial charge in [0.2, 0.25) is 0 Å². The molecule has 0 aliphatic carbocycles. The van der Waals surface area contributed by atoms with Crippen LogP contribution in [-0.4, -0.2) is 48.1 Å². The number of rotatable bonds is 4. The lowest BCUT2D eigenvalue weighted by Crippen LogP contribution is -2.49. The van der Waals surface area contributed by atoms with E-state index in [1.165, 1.54) is 41.3 Å². The van der Waals surface area contributed by atoms with E-state index in [9.17, 15) is 31.6 Å². The molecular formula is C26H27F2N5O5S. The number of nitrogens with one attached hydrogen (secondary N) is 1. The number of aryl methyl sites for hydroxylation is 1. The Hall–Kier alpha value is -4.00. The van der Waals surface area contributed by atoms with Gasteiger partial charge in [-0.25, -0.2) is 26.8 Å². The summed E-state index contributed by atoms with van der Waals surface area (Å²) in [4.78, 5) is 38.8. The molecule has 0 atom stereocenters. The topological polar surface area (TPSA) is 114 Å². The van der Waals surface area contributed by atoms with Gasteiger partial charge in [-0.3, -0.25) is 13.7 Å². The molecule has 0 unspecified atom stereocenters. The summed E-state index contributed by atoms with van der Waals surface area (Å²) in [7, 11) is -1.22. The van der Waals surface area contributed by atoms with Gasteiger partial charge >= 0.3 is 11.7 Å². The van der Waals surface area contributed by atoms with Gasteiger partial charge in [0.05, 0.1) is 10.6 Å². The monoisotopic (exact) mass is 559 g/mol. The quantitative estimate of drug-likeness (QED) is 0.528. The van der Waals surface area contributed by atoms with Crippen molar-refractivity contribution in [3.05, 3.63) is 86.7 Å². The van der Waals surface area contributed by atoms with Gasteiger partial charge in [-0.05, 0) is 36.6 Å². The molecule has 1 saturated heterocycles. The molecule has 2 amide bonds. The second kappa shape index (κ2) is 9.63. The zero-order valence-electron chi connectivity index (χ0n) is 21.3. The van der Waals surface area contributed by atoms with E-state index in [-0.39, 0.29) is 22.7 Å². The Kier molecular flexibility index (Phi) is 6.57. The van der Waals surface area contributed by atoms with Crippen LogP contribution in [0.1, 0.15) is 30.4 Å². The fourth-order valence-corrected chi connectivity index (χ4v) is 6.94. The Morgan fingerprint density at radius 1 is 1.00 bits per heavy atom. The second-order valence-corrected chi connectivity index (χ2v) is 11.8. The van der Waals surface area contributed by atoms with Crippen molar-refractivity contribution in [1.82, 2.24) is 14.0 Å². The predicted molar refractivity (Wildman–Crippen MR) is 141 cm³/mol. The van der Waals surface area contributed by atoms with Crippen molar-refractivity contribution in [3.8, 4) is 0 Å². The molecule has 3 heterocycles. The molecule has 1 spiro atoms. The molecule has 2 aromatic carbocycles. The van der Waals surface area contributed by atoms with Crippen LogP contribution in [-0.2, 0) is 29.5 Å². The van der Waals surface area contributed by atoms with Crippen LogP contribution < -0.4 is 20.9 Å². The largest absolute Gasteiger partial charge is 0.330 e. The Labute approximate surface area is 223 Å². The van der Waals surface area contributed by atoms with Crippen LogP contribution in [0, 0.1) is 0 Å². The molecule has 206 valence electrons. The number of sulfonamides is 1. The summed E-state index contributed by atoms with van der Waals surface area (Å²) in [6.07, 6.45) is -0.479. The summed E-state index contributed by atoms with van der Waals surface area (Å²) in [5, 5.41) is 2.59. The molecule has 0 bridgehead atoms. The average Bonchev–Trinajstić information content (AvgIpc) is 3.25. The summed E-state index contributed by atoms with van der Waals surface area (Å²) < 4.78 is 56.6. The number of halogens is 2. The maximum absolute atomic E-state index is 13.6. The fraction of sp³-hybridized carbons (Fsp3) is 0.346. The Morgan fingerprint density at radius 3 is 2.28 bits per heavy atom. The fourth-order valence-electron chi connectivity index (χ4n) is 5.37. The normalized spacial score (nSPS) is 16.5. The van der Waals surface area contributed by atoms with Crippen molar-refractivity contribution >= 4 is 27.4 Å². The van der Waals surface area contributed by atoms with Gasteiger partial charge in [0.15, 0.2) is 0 Å². The third-order valence-corrected chi connectivity index (χ3v) is 9.38. The minimum absolute atomic E-state index is 0.0220. The molecule has 1 fully saturated rings. The number of para-hydroxylation sites is 1. The van der Waals surface area contributed by atoms with E-state index in [0.717, 1.165) is 22.3 Å². The summed E-state index contributed by atoms with van der Waals surface area (Å²) >= 11 is 0. The number of fused-ring (bicyclic) bond motifs is 2. The van der Waals surface area contributed by atoms with Crippen LogP contribution in [0.15, 0.2) is 69.2 Å². The molecule has 5 rings (SSSR count). The van der Waals surface area contributed by atoms with Crippen LogP contribution in [0.4, 0.5) is 25.0 Å². The van der Waals surface area contributed by atoms with Crippen molar-refractivity contribution in [2.75, 3.05) is 29.3 Å². The Bertz CT molecular complexity index is 1660. The van der Waals surface area contributed by atoms with E-state index in [4.69, 9.17) is 0 Å². The summed E-state index contributed by atoms with van der Waals surface area (Å²) in [5.74, 6) is 0. The number of carbonyl (C=O) groups is 1. The molecule has 2 aliphatic heterocycles. The summed E-state index contributed by atoms with van der Waals surface area (Å²) in [6.45, 7) is 0.772. The SMILES string of the molecule is Cn1cc(NC(=O)N2CCC3(CC2)CN(S(=O)(=O)c2ccc(C(F)F)cc2)c2ccccc23)c(=O)n(C)c1=O. The Balaban J connectivity index is 1.36. The highest BCUT2D eigenvalue weighted by Gasteiger charge is 2.48. The summed E-state index contributed by atoms with van der Waals surface area (Å²) in [6, 6.07) is 11.3. The zero-order chi connectivity index (χ0) is 28.1. The van der Waals surface area contributed by atoms with Crippen LogP contribution in [0.2, 0.25) is 0 Å². The highest BCUT2D eigenvalue weighted by Crippen LogP contribution is 2.48. The van der Waals surface area contributed by atoms with E-state index in [1.54, 1.807) is 17.0 Å². The van der Waals surface area contributed by atoms with Crippen molar-refractivity contribution in [3.63, 3.8) is 0 Å². The van der Waals surface area contributed by atoms with Crippen molar-refractivity contribution < 1.29 is 22.0 Å². The van der Waals surface area contributed by atoms with Gasteiger partial charge in [0.25, 0.3) is 22.0 Å². The number of aromatic nitrogens is 2. The van der Waals surface area contributed by atoms with Gasteiger partial charge in [-0.2, -0.15) is 0 Å². The lowest BCUT2D eigenvalue weighted by atomic mass is 9.74. The van der Waals surface area contributed by atoms with Crippen LogP contribution in [0.5, 0.6) is 0 Å². The number of piperidine rings is 1. The van der Waals surface area contributed by atoms with Gasteiger partial charge < -0.3 is 14.8 Å². The number of alkyl halides is 2. The standard InChI is InChI=1S/C26H27F2N5O5S/c1-30-15-20(23(34)31(2)25(30)36)29-24(35)32-13-11-26(12-14-32)16-33(21-6-4-3-5-19(21)26)39(37,38)18-9-7-17(8-10-18)22(27)28/h3-10,15,22H,11-14,16H2,1-2H3,(H,29,35). The first-order valence-electron chi connectivity index (χ1n) is 12.3. The van der Waals surface area contributed by atoms with Crippen LogP contribution >= 0.6 is 0 Å². The minimum Gasteiger partial charge on any atom is -0.324 e. The van der Waals surface area contributed by atoms with Crippen LogP contribution in [0.25, 0.3) is 0 Å². The first-order chi connectivity index (χ1) is 18.4. The van der Waals surface area contributed by atoms with Gasteiger partial charge in [0.1, 0.15) is 5.69 Å². The van der Waals surface area contributed by atoms with E-state index in [1.807, 2.05) is 12.1 Å². The van der Waals surface area contributed by atoms with E-state index in [2.05, 4.69) is 5.32 Å². The van der Waals surface area contributed by atoms with E-state index in [0.29, 0.717) is 31.6 Å². The van der Waals surface area contributed by atoms with Gasteiger partial charge in [-0.1, -0.05) is 30.3 Å². The smallest absolute Gasteiger partial charge is 0.324 e. The number of anilines is 2. The molecule has 2 aliphatic rings. The predicted octanol–water partition coefficient (Wildman–Crippen LogP) is 2.80. The third-order valence-electron chi connectivity index (χ3n) is 7.61. The number of hydrogen-bond donors (Lipinski definition) is 1.